The van der Waals surface area contributed by atoms with Gasteiger partial charge < -0.3 is 14.8 Å². The Kier molecular flexibility index (Phi) is 8.66. The van der Waals surface area contributed by atoms with Crippen LogP contribution in [0.4, 0.5) is 17.1 Å². The van der Waals surface area contributed by atoms with Crippen molar-refractivity contribution >= 4 is 17.1 Å². The number of hydrogen-bond acceptors (Lipinski definition) is 7. The third-order valence-corrected chi connectivity index (χ3v) is 3.42. The fraction of sp³-hybridized carbons (Fsp3) is 0.600. The highest BCUT2D eigenvalue weighted by Gasteiger charge is 2.18. The molecule has 0 spiro atoms. The third kappa shape index (κ3) is 6.88. The first-order chi connectivity index (χ1) is 11.5. The largest absolute Gasteiger partial charge is 0.379 e. The lowest BCUT2D eigenvalue weighted by Crippen LogP contribution is -2.14. The van der Waals surface area contributed by atoms with Gasteiger partial charge in [-0.25, -0.2) is 0 Å². The van der Waals surface area contributed by atoms with Crippen LogP contribution in [0.5, 0.6) is 0 Å². The highest BCUT2D eigenvalue weighted by molar-refractivity contribution is 5.65. The molecule has 0 saturated heterocycles. The summed E-state index contributed by atoms with van der Waals surface area (Å²) in [6.45, 7) is 6.57. The van der Waals surface area contributed by atoms with E-state index in [1.54, 1.807) is 0 Å². The second kappa shape index (κ2) is 10.5. The topological polar surface area (TPSA) is 117 Å². The smallest absolute Gasteiger partial charge is 0.299 e. The quantitative estimate of drug-likeness (QED) is 0.353. The average Bonchev–Trinajstić information content (AvgIpc) is 2.56. The molecule has 24 heavy (non-hydrogen) atoms. The van der Waals surface area contributed by atoms with Crippen LogP contribution in [-0.4, -0.2) is 42.8 Å². The SMILES string of the molecule is CCC(C)COCCOCCNc1ccc([N+](=O)[O-])cc1[N+](=O)[O-]. The fourth-order valence-electron chi connectivity index (χ4n) is 1.81. The van der Waals surface area contributed by atoms with Gasteiger partial charge in [0.1, 0.15) is 5.69 Å². The van der Waals surface area contributed by atoms with Crippen LogP contribution in [0.2, 0.25) is 0 Å². The van der Waals surface area contributed by atoms with E-state index >= 15 is 0 Å². The molecule has 1 rings (SSSR count). The lowest BCUT2D eigenvalue weighted by atomic mass is 10.1. The Morgan fingerprint density at radius 3 is 2.46 bits per heavy atom. The van der Waals surface area contributed by atoms with E-state index in [-0.39, 0.29) is 17.1 Å². The van der Waals surface area contributed by atoms with Crippen molar-refractivity contribution in [3.8, 4) is 0 Å². The van der Waals surface area contributed by atoms with Crippen LogP contribution in [0.1, 0.15) is 20.3 Å². The molecule has 0 radical (unpaired) electrons. The van der Waals surface area contributed by atoms with Crippen LogP contribution in [0.15, 0.2) is 18.2 Å². The number of nitro benzene ring substituents is 2. The summed E-state index contributed by atoms with van der Waals surface area (Å²) < 4.78 is 10.8. The molecular formula is C15H23N3O6. The zero-order valence-electron chi connectivity index (χ0n) is 13.9. The van der Waals surface area contributed by atoms with E-state index in [4.69, 9.17) is 9.47 Å². The molecule has 1 aromatic carbocycles. The molecule has 0 aliphatic rings. The second-order valence-electron chi connectivity index (χ2n) is 5.34. The van der Waals surface area contributed by atoms with Crippen LogP contribution < -0.4 is 5.32 Å². The Labute approximate surface area is 140 Å². The molecule has 1 unspecified atom stereocenters. The number of anilines is 1. The number of rotatable bonds is 12. The van der Waals surface area contributed by atoms with Gasteiger partial charge in [0.15, 0.2) is 0 Å². The maximum absolute atomic E-state index is 11.0. The number of nitrogens with one attached hydrogen (secondary N) is 1. The van der Waals surface area contributed by atoms with Crippen molar-refractivity contribution in [3.05, 3.63) is 38.4 Å². The number of benzene rings is 1. The van der Waals surface area contributed by atoms with Crippen molar-refractivity contribution in [2.45, 2.75) is 20.3 Å². The van der Waals surface area contributed by atoms with Gasteiger partial charge in [0.05, 0.1) is 35.7 Å². The molecule has 0 aliphatic heterocycles. The first-order valence-electron chi connectivity index (χ1n) is 7.77. The first kappa shape index (κ1) is 19.8. The third-order valence-electron chi connectivity index (χ3n) is 3.42. The molecule has 0 fully saturated rings. The molecule has 0 saturated carbocycles. The van der Waals surface area contributed by atoms with E-state index in [9.17, 15) is 20.2 Å². The predicted molar refractivity (Wildman–Crippen MR) is 89.3 cm³/mol. The molecule has 0 bridgehead atoms. The summed E-state index contributed by atoms with van der Waals surface area (Å²) >= 11 is 0. The minimum atomic E-state index is -0.667. The van der Waals surface area contributed by atoms with Crippen molar-refractivity contribution in [1.82, 2.24) is 0 Å². The van der Waals surface area contributed by atoms with Crippen LogP contribution in [0.25, 0.3) is 0 Å². The molecule has 0 heterocycles. The lowest BCUT2D eigenvalue weighted by Gasteiger charge is -2.10. The molecule has 0 aliphatic carbocycles. The summed E-state index contributed by atoms with van der Waals surface area (Å²) in [4.78, 5) is 20.3. The van der Waals surface area contributed by atoms with Crippen molar-refractivity contribution in [3.63, 3.8) is 0 Å². The van der Waals surface area contributed by atoms with Gasteiger partial charge in [0, 0.05) is 19.2 Å². The molecule has 9 nitrogen and oxygen atoms in total. The zero-order valence-corrected chi connectivity index (χ0v) is 13.9. The maximum Gasteiger partial charge on any atom is 0.299 e. The van der Waals surface area contributed by atoms with Gasteiger partial charge in [-0.05, 0) is 12.0 Å². The van der Waals surface area contributed by atoms with Crippen molar-refractivity contribution in [2.24, 2.45) is 5.92 Å². The molecule has 0 aromatic heterocycles. The van der Waals surface area contributed by atoms with Gasteiger partial charge in [0.2, 0.25) is 0 Å². The van der Waals surface area contributed by atoms with Crippen molar-refractivity contribution in [2.75, 3.05) is 38.3 Å². The van der Waals surface area contributed by atoms with Gasteiger partial charge in [-0.15, -0.1) is 0 Å². The van der Waals surface area contributed by atoms with Gasteiger partial charge in [-0.1, -0.05) is 20.3 Å². The van der Waals surface area contributed by atoms with Crippen LogP contribution in [-0.2, 0) is 9.47 Å². The van der Waals surface area contributed by atoms with E-state index in [0.29, 0.717) is 38.9 Å². The van der Waals surface area contributed by atoms with E-state index < -0.39 is 9.85 Å². The second-order valence-corrected chi connectivity index (χ2v) is 5.34. The summed E-state index contributed by atoms with van der Waals surface area (Å²) in [6.07, 6.45) is 1.07. The highest BCUT2D eigenvalue weighted by Crippen LogP contribution is 2.28. The minimum absolute atomic E-state index is 0.224. The normalized spacial score (nSPS) is 11.9. The van der Waals surface area contributed by atoms with Gasteiger partial charge >= 0.3 is 0 Å². The number of nitrogens with zero attached hydrogens (tertiary/aromatic N) is 2. The van der Waals surface area contributed by atoms with E-state index in [1.165, 1.54) is 12.1 Å². The highest BCUT2D eigenvalue weighted by atomic mass is 16.6. The first-order valence-corrected chi connectivity index (χ1v) is 7.77. The number of nitro groups is 2. The summed E-state index contributed by atoms with van der Waals surface area (Å²) in [7, 11) is 0. The summed E-state index contributed by atoms with van der Waals surface area (Å²) in [5.41, 5.74) is -0.426. The molecule has 1 atom stereocenters. The number of non-ortho nitro benzene ring substituents is 1. The molecule has 0 amide bonds. The molecule has 1 aromatic rings. The molecule has 134 valence electrons. The van der Waals surface area contributed by atoms with Crippen LogP contribution in [0, 0.1) is 26.1 Å². The van der Waals surface area contributed by atoms with Gasteiger partial charge in [-0.2, -0.15) is 0 Å². The summed E-state index contributed by atoms with van der Waals surface area (Å²) in [5, 5.41) is 24.5. The standard InChI is InChI=1S/C15H23N3O6/c1-3-12(2)11-24-9-8-23-7-6-16-14-5-4-13(17(19)20)10-15(14)18(21)22/h4-5,10,12,16H,3,6-9,11H2,1-2H3. The molecular weight excluding hydrogens is 318 g/mol. The van der Waals surface area contributed by atoms with Crippen molar-refractivity contribution < 1.29 is 19.3 Å². The lowest BCUT2D eigenvalue weighted by molar-refractivity contribution is -0.393. The van der Waals surface area contributed by atoms with E-state index in [0.717, 1.165) is 12.5 Å². The van der Waals surface area contributed by atoms with E-state index in [2.05, 4.69) is 19.2 Å². The fourth-order valence-corrected chi connectivity index (χ4v) is 1.81. The Balaban J connectivity index is 2.32. The average molecular weight is 341 g/mol. The van der Waals surface area contributed by atoms with E-state index in [1.807, 2.05) is 0 Å². The number of ether oxygens (including phenoxy) is 2. The Morgan fingerprint density at radius 1 is 1.12 bits per heavy atom. The Bertz CT molecular complexity index is 552. The van der Waals surface area contributed by atoms with Crippen LogP contribution >= 0.6 is 0 Å². The van der Waals surface area contributed by atoms with Gasteiger partial charge in [0.25, 0.3) is 11.4 Å². The van der Waals surface area contributed by atoms with Crippen molar-refractivity contribution in [1.29, 1.82) is 0 Å². The monoisotopic (exact) mass is 341 g/mol. The van der Waals surface area contributed by atoms with Crippen LogP contribution in [0.3, 0.4) is 0 Å². The predicted octanol–water partition coefficient (Wildman–Crippen LogP) is 2.99. The minimum Gasteiger partial charge on any atom is -0.379 e. The summed E-state index contributed by atoms with van der Waals surface area (Å²) in [6, 6.07) is 3.48. The van der Waals surface area contributed by atoms with Gasteiger partial charge in [-0.3, -0.25) is 20.2 Å². The molecule has 1 N–H and O–H groups in total. The Hall–Kier alpha value is -2.26. The zero-order chi connectivity index (χ0) is 17.9. The summed E-state index contributed by atoms with van der Waals surface area (Å²) in [5.74, 6) is 0.523. The number of hydrogen-bond donors (Lipinski definition) is 1. The Morgan fingerprint density at radius 2 is 1.83 bits per heavy atom. The maximum atomic E-state index is 11.0. The molecule has 9 heteroatoms.